The van der Waals surface area contributed by atoms with Crippen LogP contribution in [-0.4, -0.2) is 4.57 Å². The number of hydrogen-bond donors (Lipinski definition) is 0. The highest BCUT2D eigenvalue weighted by atomic mass is 14.9. The van der Waals surface area contributed by atoms with E-state index in [0.717, 1.165) is 0 Å². The first-order valence-corrected chi connectivity index (χ1v) is 18.0. The molecular formula is C49H43N. The van der Waals surface area contributed by atoms with Gasteiger partial charge in [0.05, 0.1) is 10.9 Å². The monoisotopic (exact) mass is 645 g/mol. The van der Waals surface area contributed by atoms with Crippen LogP contribution in [0.5, 0.6) is 0 Å². The van der Waals surface area contributed by atoms with Gasteiger partial charge in [-0.05, 0) is 86.8 Å². The van der Waals surface area contributed by atoms with E-state index in [-0.39, 0.29) is 5.41 Å². The van der Waals surface area contributed by atoms with Crippen molar-refractivity contribution in [1.82, 2.24) is 4.57 Å². The number of aromatic nitrogens is 1. The van der Waals surface area contributed by atoms with Gasteiger partial charge in [0.2, 0.25) is 0 Å². The zero-order chi connectivity index (χ0) is 34.4. The molecule has 0 atom stereocenters. The molecule has 0 amide bonds. The van der Waals surface area contributed by atoms with Crippen molar-refractivity contribution in [3.8, 4) is 33.4 Å². The molecule has 0 fully saturated rings. The number of aryl methyl sites for hydroxylation is 1. The average Bonchev–Trinajstić information content (AvgIpc) is 3.76. The molecule has 244 valence electrons. The van der Waals surface area contributed by atoms with Gasteiger partial charge < -0.3 is 4.57 Å². The second kappa shape index (κ2) is 12.7. The molecule has 2 aliphatic rings. The van der Waals surface area contributed by atoms with E-state index in [1.165, 1.54) is 94.6 Å². The largest absolute Gasteiger partial charge is 0.343 e. The molecule has 1 nitrogen and oxygen atoms in total. The smallest absolute Gasteiger partial charge is 0.0725 e. The molecule has 0 saturated heterocycles. The Kier molecular flexibility index (Phi) is 8.00. The Morgan fingerprint density at radius 2 is 1.00 bits per heavy atom. The van der Waals surface area contributed by atoms with E-state index in [4.69, 9.17) is 0 Å². The van der Waals surface area contributed by atoms with Crippen LogP contribution >= 0.6 is 0 Å². The maximum Gasteiger partial charge on any atom is 0.0725 e. The first-order chi connectivity index (χ1) is 24.6. The SMILES string of the molecule is C/C=C\C.CCC.Cn1c2ccc3ccccc3c2c2cccc(-c3ccc4c(c3)C3(c5ccccc5-c5ccccc53)c3ccccc3-4)c21. The van der Waals surface area contributed by atoms with Crippen LogP contribution in [0, 0.1) is 0 Å². The summed E-state index contributed by atoms with van der Waals surface area (Å²) in [6.45, 7) is 8.25. The minimum Gasteiger partial charge on any atom is -0.343 e. The third-order valence-electron chi connectivity index (χ3n) is 10.6. The van der Waals surface area contributed by atoms with Gasteiger partial charge in [-0.15, -0.1) is 0 Å². The number of hydrogen-bond acceptors (Lipinski definition) is 0. The summed E-state index contributed by atoms with van der Waals surface area (Å²) in [6, 6.07) is 54.4. The van der Waals surface area contributed by atoms with Crippen molar-refractivity contribution in [2.24, 2.45) is 7.05 Å². The number of nitrogens with zero attached hydrogens (tertiary/aromatic N) is 1. The zero-order valence-corrected chi connectivity index (χ0v) is 29.7. The minimum absolute atomic E-state index is 0.335. The molecule has 1 heteroatoms. The van der Waals surface area contributed by atoms with Crippen molar-refractivity contribution in [3.63, 3.8) is 0 Å². The van der Waals surface area contributed by atoms with Gasteiger partial charge in [-0.1, -0.05) is 166 Å². The quantitative estimate of drug-likeness (QED) is 0.157. The molecule has 0 aliphatic heterocycles. The highest BCUT2D eigenvalue weighted by molar-refractivity contribution is 6.22. The van der Waals surface area contributed by atoms with Crippen LogP contribution in [0.15, 0.2) is 158 Å². The molecule has 2 aliphatic carbocycles. The lowest BCUT2D eigenvalue weighted by Gasteiger charge is -2.30. The number of benzene rings is 7. The second-order valence-corrected chi connectivity index (χ2v) is 13.5. The summed E-state index contributed by atoms with van der Waals surface area (Å²) < 4.78 is 2.39. The van der Waals surface area contributed by atoms with E-state index < -0.39 is 0 Å². The number of rotatable bonds is 1. The van der Waals surface area contributed by atoms with Crippen molar-refractivity contribution >= 4 is 32.6 Å². The molecule has 7 aromatic carbocycles. The second-order valence-electron chi connectivity index (χ2n) is 13.5. The van der Waals surface area contributed by atoms with Crippen LogP contribution < -0.4 is 0 Å². The fraction of sp³-hybridized carbons (Fsp3) is 0.143. The maximum atomic E-state index is 2.50. The van der Waals surface area contributed by atoms with Crippen LogP contribution in [0.4, 0.5) is 0 Å². The normalized spacial score (nSPS) is 13.1. The van der Waals surface area contributed by atoms with Gasteiger partial charge >= 0.3 is 0 Å². The third-order valence-corrected chi connectivity index (χ3v) is 10.6. The van der Waals surface area contributed by atoms with E-state index in [0.29, 0.717) is 0 Å². The Morgan fingerprint density at radius 1 is 0.500 bits per heavy atom. The summed E-state index contributed by atoms with van der Waals surface area (Å²) in [5, 5.41) is 5.23. The Morgan fingerprint density at radius 3 is 1.60 bits per heavy atom. The first-order valence-electron chi connectivity index (χ1n) is 18.0. The summed E-state index contributed by atoms with van der Waals surface area (Å²) in [5.41, 5.74) is 15.6. The van der Waals surface area contributed by atoms with Gasteiger partial charge in [-0.25, -0.2) is 0 Å². The Labute approximate surface area is 296 Å². The molecule has 8 aromatic rings. The summed E-state index contributed by atoms with van der Waals surface area (Å²) in [6.07, 6.45) is 5.25. The highest BCUT2D eigenvalue weighted by Gasteiger charge is 2.51. The minimum atomic E-state index is -0.335. The zero-order valence-electron chi connectivity index (χ0n) is 29.7. The lowest BCUT2D eigenvalue weighted by Crippen LogP contribution is -2.25. The Balaban J connectivity index is 0.000000477. The first kappa shape index (κ1) is 31.6. The van der Waals surface area contributed by atoms with Crippen LogP contribution in [-0.2, 0) is 12.5 Å². The lowest BCUT2D eigenvalue weighted by molar-refractivity contribution is 0.794. The van der Waals surface area contributed by atoms with E-state index in [9.17, 15) is 0 Å². The molecular weight excluding hydrogens is 603 g/mol. The van der Waals surface area contributed by atoms with Crippen LogP contribution in [0.25, 0.3) is 66.0 Å². The van der Waals surface area contributed by atoms with Crippen molar-refractivity contribution in [3.05, 3.63) is 180 Å². The average molecular weight is 646 g/mol. The van der Waals surface area contributed by atoms with Crippen molar-refractivity contribution in [2.45, 2.75) is 39.5 Å². The fourth-order valence-corrected chi connectivity index (χ4v) is 8.54. The van der Waals surface area contributed by atoms with E-state index >= 15 is 0 Å². The molecule has 1 aromatic heterocycles. The highest BCUT2D eigenvalue weighted by Crippen LogP contribution is 2.63. The van der Waals surface area contributed by atoms with Crippen LogP contribution in [0.3, 0.4) is 0 Å². The van der Waals surface area contributed by atoms with E-state index in [2.05, 4.69) is 171 Å². The summed E-state index contributed by atoms with van der Waals surface area (Å²) in [7, 11) is 2.22. The lowest BCUT2D eigenvalue weighted by atomic mass is 9.70. The molecule has 1 heterocycles. The van der Waals surface area contributed by atoms with E-state index in [1.54, 1.807) is 0 Å². The number of para-hydroxylation sites is 1. The van der Waals surface area contributed by atoms with Crippen molar-refractivity contribution in [1.29, 1.82) is 0 Å². The van der Waals surface area contributed by atoms with Gasteiger partial charge in [-0.3, -0.25) is 0 Å². The summed E-state index contributed by atoms with van der Waals surface area (Å²) >= 11 is 0. The molecule has 10 rings (SSSR count). The molecule has 1 spiro atoms. The molecule has 0 radical (unpaired) electrons. The van der Waals surface area contributed by atoms with Gasteiger partial charge in [0.25, 0.3) is 0 Å². The molecule has 50 heavy (non-hydrogen) atoms. The fourth-order valence-electron chi connectivity index (χ4n) is 8.54. The standard InChI is InChI=1S/C42H27N.C4H8.C3H8/c1-43-39-24-22-26-11-2-3-12-28(26)40(39)34-17-10-16-29(41(34)43)27-21-23-33-32-15-6-9-20-37(32)42(38(33)25-27)35-18-7-4-13-30(35)31-14-5-8-19-36(31)42;1-3-4-2;1-3-2/h2-25H,1H3;3-4H,1-2H3;3H2,1-2H3/b;4-3-;. The number of allylic oxidation sites excluding steroid dienone is 2. The predicted octanol–water partition coefficient (Wildman–Crippen LogP) is 13.5. The predicted molar refractivity (Wildman–Crippen MR) is 216 cm³/mol. The maximum absolute atomic E-state index is 2.50. The van der Waals surface area contributed by atoms with Crippen LogP contribution in [0.2, 0.25) is 0 Å². The Hall–Kier alpha value is -5.66. The molecule has 0 bridgehead atoms. The van der Waals surface area contributed by atoms with Crippen LogP contribution in [0.1, 0.15) is 56.4 Å². The van der Waals surface area contributed by atoms with Gasteiger partial charge in [0, 0.05) is 28.9 Å². The molecule has 0 unspecified atom stereocenters. The van der Waals surface area contributed by atoms with Gasteiger partial charge in [0.15, 0.2) is 0 Å². The molecule has 0 saturated carbocycles. The number of fused-ring (bicyclic) bond motifs is 15. The van der Waals surface area contributed by atoms with Crippen molar-refractivity contribution in [2.75, 3.05) is 0 Å². The summed E-state index contributed by atoms with van der Waals surface area (Å²) in [4.78, 5) is 0. The van der Waals surface area contributed by atoms with Gasteiger partial charge in [0.1, 0.15) is 0 Å². The third kappa shape index (κ3) is 4.46. The molecule has 0 N–H and O–H groups in total. The van der Waals surface area contributed by atoms with Gasteiger partial charge in [-0.2, -0.15) is 0 Å². The topological polar surface area (TPSA) is 4.93 Å². The van der Waals surface area contributed by atoms with Crippen molar-refractivity contribution < 1.29 is 0 Å². The summed E-state index contributed by atoms with van der Waals surface area (Å²) in [5.74, 6) is 0. The Bertz CT molecular complexity index is 2510. The van der Waals surface area contributed by atoms with E-state index in [1.807, 2.05) is 26.0 Å².